The van der Waals surface area contributed by atoms with Crippen LogP contribution in [-0.2, 0) is 14.3 Å². The highest BCUT2D eigenvalue weighted by Crippen LogP contribution is 2.20. The molecule has 2 aliphatic rings. The number of nitrogens with one attached hydrogen (secondary N) is 2. The van der Waals surface area contributed by atoms with Gasteiger partial charge in [0.05, 0.1) is 11.7 Å². The summed E-state index contributed by atoms with van der Waals surface area (Å²) in [6.07, 6.45) is 1.89. The maximum Gasteiger partial charge on any atom is 0.338 e. The zero-order chi connectivity index (χ0) is 20.5. The molecule has 2 aliphatic heterocycles. The molecule has 7 nitrogen and oxygen atoms in total. The predicted molar refractivity (Wildman–Crippen MR) is 104 cm³/mol. The van der Waals surface area contributed by atoms with Crippen LogP contribution in [0.5, 0.6) is 0 Å². The van der Waals surface area contributed by atoms with E-state index < -0.39 is 0 Å². The van der Waals surface area contributed by atoms with Crippen molar-refractivity contribution in [3.8, 4) is 0 Å². The highest BCUT2D eigenvalue weighted by molar-refractivity contribution is 5.89. The molecule has 0 bridgehead atoms. The van der Waals surface area contributed by atoms with E-state index in [1.54, 1.807) is 24.3 Å². The lowest BCUT2D eigenvalue weighted by molar-refractivity contribution is -0.120. The molecule has 4 atom stereocenters. The molecule has 0 unspecified atom stereocenters. The third-order valence-electron chi connectivity index (χ3n) is 5.18. The number of hydrogen-bond donors (Lipinski definition) is 3. The van der Waals surface area contributed by atoms with Crippen LogP contribution in [0.1, 0.15) is 49.9 Å². The van der Waals surface area contributed by atoms with Gasteiger partial charge in [-0.05, 0) is 25.0 Å². The molecule has 154 valence electrons. The number of ether oxygens (including phenoxy) is 1. The van der Waals surface area contributed by atoms with Crippen LogP contribution in [0.15, 0.2) is 30.3 Å². The first-order valence-electron chi connectivity index (χ1n) is 9.92. The Balaban J connectivity index is 0.000000237. The van der Waals surface area contributed by atoms with E-state index >= 15 is 0 Å². The summed E-state index contributed by atoms with van der Waals surface area (Å²) in [7, 11) is 0. The van der Waals surface area contributed by atoms with Gasteiger partial charge >= 0.3 is 5.97 Å². The lowest BCUT2D eigenvalue weighted by atomic mass is 9.99. The fraction of sp³-hybridized carbons (Fsp3) is 0.571. The second-order valence-electron chi connectivity index (χ2n) is 7.23. The zero-order valence-electron chi connectivity index (χ0n) is 16.5. The highest BCUT2D eigenvalue weighted by atomic mass is 16.5. The van der Waals surface area contributed by atoms with Crippen LogP contribution in [0, 0.1) is 11.8 Å². The molecule has 1 aromatic rings. The van der Waals surface area contributed by atoms with Crippen molar-refractivity contribution in [3.63, 3.8) is 0 Å². The van der Waals surface area contributed by atoms with Crippen LogP contribution < -0.4 is 10.6 Å². The highest BCUT2D eigenvalue weighted by Gasteiger charge is 2.31. The predicted octanol–water partition coefficient (Wildman–Crippen LogP) is 1.65. The van der Waals surface area contributed by atoms with Crippen molar-refractivity contribution >= 4 is 17.8 Å². The topological polar surface area (TPSA) is 105 Å². The van der Waals surface area contributed by atoms with Crippen LogP contribution >= 0.6 is 0 Å². The van der Waals surface area contributed by atoms with E-state index in [-0.39, 0.29) is 41.8 Å². The van der Waals surface area contributed by atoms with Crippen LogP contribution in [0.3, 0.4) is 0 Å². The smallest absolute Gasteiger partial charge is 0.338 e. The summed E-state index contributed by atoms with van der Waals surface area (Å²) in [6, 6.07) is 8.92. The van der Waals surface area contributed by atoms with Crippen molar-refractivity contribution in [3.05, 3.63) is 35.9 Å². The molecule has 1 aromatic carbocycles. The standard InChI is InChI=1S/C14H17NO3.C7H13NO2/c1-2-12(11-8-13(16)15-9-11)18-14(17)10-6-4-3-5-7-10;1-2-6(9)5-3-7(10)8-4-5/h3-7,11-12H,2,8-9H2,1H3,(H,15,16);5-6,9H,2-4H2,1H3,(H,8,10)/t11-,12+;5-,6-/m00/s1. The minimum absolute atomic E-state index is 0.0363. The van der Waals surface area contributed by atoms with Crippen molar-refractivity contribution in [1.82, 2.24) is 10.6 Å². The Morgan fingerprint density at radius 3 is 2.07 bits per heavy atom. The van der Waals surface area contributed by atoms with Gasteiger partial charge < -0.3 is 20.5 Å². The van der Waals surface area contributed by atoms with Crippen molar-refractivity contribution in [2.45, 2.75) is 51.7 Å². The molecule has 7 heteroatoms. The second-order valence-corrected chi connectivity index (χ2v) is 7.23. The van der Waals surface area contributed by atoms with E-state index in [2.05, 4.69) is 10.6 Å². The SMILES string of the molecule is CC[C@@H](OC(=O)c1ccccc1)[C@@H]1CNC(=O)C1.CC[C@H](O)[C@@H]1CNC(=O)C1. The van der Waals surface area contributed by atoms with E-state index in [0.717, 1.165) is 12.8 Å². The molecule has 3 rings (SSSR count). The average Bonchev–Trinajstić information content (AvgIpc) is 3.35. The molecule has 0 radical (unpaired) electrons. The minimum atomic E-state index is -0.318. The molecule has 2 amide bonds. The van der Waals surface area contributed by atoms with Crippen molar-refractivity contribution < 1.29 is 24.2 Å². The largest absolute Gasteiger partial charge is 0.458 e. The lowest BCUT2D eigenvalue weighted by Crippen LogP contribution is -2.28. The number of amides is 2. The zero-order valence-corrected chi connectivity index (χ0v) is 16.5. The summed E-state index contributed by atoms with van der Waals surface area (Å²) in [5.74, 6) is 0.0289. The molecule has 0 aliphatic carbocycles. The number of aliphatic hydroxyl groups excluding tert-OH is 1. The monoisotopic (exact) mass is 390 g/mol. The van der Waals surface area contributed by atoms with Crippen LogP contribution in [0.4, 0.5) is 0 Å². The van der Waals surface area contributed by atoms with E-state index in [0.29, 0.717) is 31.5 Å². The number of hydrogen-bond acceptors (Lipinski definition) is 5. The number of carbonyl (C=O) groups is 3. The van der Waals surface area contributed by atoms with Gasteiger partial charge in [0.15, 0.2) is 0 Å². The van der Waals surface area contributed by atoms with Gasteiger partial charge in [-0.25, -0.2) is 4.79 Å². The normalized spacial score (nSPS) is 23.1. The van der Waals surface area contributed by atoms with Gasteiger partial charge in [-0.1, -0.05) is 32.0 Å². The third kappa shape index (κ3) is 6.34. The molecular formula is C21H30N2O5. The number of esters is 1. The van der Waals surface area contributed by atoms with E-state index in [9.17, 15) is 19.5 Å². The quantitative estimate of drug-likeness (QED) is 0.641. The van der Waals surface area contributed by atoms with Gasteiger partial charge in [0, 0.05) is 37.8 Å². The van der Waals surface area contributed by atoms with Crippen molar-refractivity contribution in [1.29, 1.82) is 0 Å². The molecule has 3 N–H and O–H groups in total. The third-order valence-corrected chi connectivity index (χ3v) is 5.18. The number of carbonyl (C=O) groups excluding carboxylic acids is 3. The second kappa shape index (κ2) is 10.8. The van der Waals surface area contributed by atoms with E-state index in [1.165, 1.54) is 0 Å². The van der Waals surface area contributed by atoms with Gasteiger partial charge in [-0.2, -0.15) is 0 Å². The molecule has 2 heterocycles. The van der Waals surface area contributed by atoms with Crippen molar-refractivity contribution in [2.24, 2.45) is 11.8 Å². The Labute approximate surface area is 165 Å². The van der Waals surface area contributed by atoms with Gasteiger partial charge in [-0.15, -0.1) is 0 Å². The van der Waals surface area contributed by atoms with Crippen molar-refractivity contribution in [2.75, 3.05) is 13.1 Å². The molecule has 2 saturated heterocycles. The fourth-order valence-electron chi connectivity index (χ4n) is 3.42. The Kier molecular flexibility index (Phi) is 8.44. The molecule has 0 spiro atoms. The summed E-state index contributed by atoms with van der Waals surface area (Å²) in [4.78, 5) is 33.8. The first-order chi connectivity index (χ1) is 13.4. The van der Waals surface area contributed by atoms with E-state index in [4.69, 9.17) is 4.74 Å². The number of aliphatic hydroxyl groups is 1. The van der Waals surface area contributed by atoms with Crippen LogP contribution in [0.25, 0.3) is 0 Å². The van der Waals surface area contributed by atoms with E-state index in [1.807, 2.05) is 19.9 Å². The van der Waals surface area contributed by atoms with Gasteiger partial charge in [0.25, 0.3) is 0 Å². The fourth-order valence-corrected chi connectivity index (χ4v) is 3.42. The van der Waals surface area contributed by atoms with Gasteiger partial charge in [0.2, 0.25) is 11.8 Å². The molecule has 2 fully saturated rings. The lowest BCUT2D eigenvalue weighted by Gasteiger charge is -2.21. The summed E-state index contributed by atoms with van der Waals surface area (Å²) in [5.41, 5.74) is 0.549. The number of benzene rings is 1. The number of rotatable bonds is 6. The Hall–Kier alpha value is -2.41. The summed E-state index contributed by atoms with van der Waals surface area (Å²) in [6.45, 7) is 5.13. The first-order valence-corrected chi connectivity index (χ1v) is 9.92. The summed E-state index contributed by atoms with van der Waals surface area (Å²) >= 11 is 0. The molecule has 28 heavy (non-hydrogen) atoms. The maximum atomic E-state index is 11.9. The van der Waals surface area contributed by atoms with Crippen LogP contribution in [-0.4, -0.2) is 48.2 Å². The van der Waals surface area contributed by atoms with Gasteiger partial charge in [0.1, 0.15) is 6.10 Å². The Morgan fingerprint density at radius 2 is 1.61 bits per heavy atom. The minimum Gasteiger partial charge on any atom is -0.458 e. The maximum absolute atomic E-state index is 11.9. The molecule has 0 saturated carbocycles. The molecular weight excluding hydrogens is 360 g/mol. The Bertz CT molecular complexity index is 664. The summed E-state index contributed by atoms with van der Waals surface area (Å²) in [5, 5.41) is 14.7. The average molecular weight is 390 g/mol. The Morgan fingerprint density at radius 1 is 1.04 bits per heavy atom. The first kappa shape index (κ1) is 21.9. The van der Waals surface area contributed by atoms with Crippen LogP contribution in [0.2, 0.25) is 0 Å². The van der Waals surface area contributed by atoms with Gasteiger partial charge in [-0.3, -0.25) is 9.59 Å². The molecule has 0 aromatic heterocycles. The summed E-state index contributed by atoms with van der Waals surface area (Å²) < 4.78 is 5.49.